The maximum absolute atomic E-state index is 13.4. The van der Waals surface area contributed by atoms with E-state index in [1.807, 2.05) is 0 Å². The van der Waals surface area contributed by atoms with Crippen molar-refractivity contribution in [2.24, 2.45) is 0 Å². The van der Waals surface area contributed by atoms with E-state index in [4.69, 9.17) is 11.6 Å². The molecule has 0 bridgehead atoms. The van der Waals surface area contributed by atoms with Crippen LogP contribution in [0.1, 0.15) is 10.4 Å². The molecule has 18 heavy (non-hydrogen) atoms. The Morgan fingerprint density at radius 2 is 2.06 bits per heavy atom. The van der Waals surface area contributed by atoms with Gasteiger partial charge in [-0.15, -0.1) is 10.2 Å². The quantitative estimate of drug-likeness (QED) is 0.919. The van der Waals surface area contributed by atoms with Gasteiger partial charge in [0.05, 0.1) is 5.56 Å². The van der Waals surface area contributed by atoms with Crippen LogP contribution in [0, 0.1) is 5.82 Å². The molecule has 0 fully saturated rings. The number of carbonyl (C=O) groups excluding carboxylic acids is 1. The molecule has 0 saturated carbocycles. The Balaban J connectivity index is 2.21. The summed E-state index contributed by atoms with van der Waals surface area (Å²) in [5, 5.41) is 9.84. The van der Waals surface area contributed by atoms with E-state index >= 15 is 0 Å². The summed E-state index contributed by atoms with van der Waals surface area (Å²) < 4.78 is 14.1. The third kappa shape index (κ3) is 3.02. The molecule has 0 atom stereocenters. The van der Waals surface area contributed by atoms with E-state index in [-0.39, 0.29) is 16.5 Å². The Hall–Kier alpha value is -1.53. The second kappa shape index (κ2) is 5.41. The molecule has 0 spiro atoms. The van der Waals surface area contributed by atoms with Gasteiger partial charge >= 0.3 is 0 Å². The summed E-state index contributed by atoms with van der Waals surface area (Å²) in [7, 11) is 0. The first-order chi connectivity index (χ1) is 8.56. The Morgan fingerprint density at radius 3 is 2.72 bits per heavy atom. The van der Waals surface area contributed by atoms with E-state index in [1.165, 1.54) is 30.3 Å². The molecule has 92 valence electrons. The van der Waals surface area contributed by atoms with Crippen LogP contribution >= 0.6 is 27.5 Å². The maximum Gasteiger partial charge on any atom is 0.259 e. The molecule has 0 saturated heterocycles. The van der Waals surface area contributed by atoms with Crippen molar-refractivity contribution in [2.45, 2.75) is 0 Å². The van der Waals surface area contributed by atoms with Crippen LogP contribution < -0.4 is 5.32 Å². The van der Waals surface area contributed by atoms with Crippen molar-refractivity contribution in [3.8, 4) is 0 Å². The first-order valence-corrected chi connectivity index (χ1v) is 5.99. The number of anilines is 1. The summed E-state index contributed by atoms with van der Waals surface area (Å²) in [6.07, 6.45) is 0. The number of carbonyl (C=O) groups is 1. The number of nitrogens with zero attached hydrogens (tertiary/aromatic N) is 2. The fraction of sp³-hybridized carbons (Fsp3) is 0. The lowest BCUT2D eigenvalue weighted by atomic mass is 10.2. The van der Waals surface area contributed by atoms with Crippen molar-refractivity contribution in [3.05, 3.63) is 51.3 Å². The summed E-state index contributed by atoms with van der Waals surface area (Å²) in [6, 6.07) is 7.04. The van der Waals surface area contributed by atoms with Gasteiger partial charge in [0, 0.05) is 4.47 Å². The first-order valence-electron chi connectivity index (χ1n) is 4.82. The highest BCUT2D eigenvalue weighted by Crippen LogP contribution is 2.17. The van der Waals surface area contributed by atoms with Crippen LogP contribution in [-0.4, -0.2) is 16.1 Å². The predicted octanol–water partition coefficient (Wildman–Crippen LogP) is 3.28. The molecule has 4 nitrogen and oxygen atoms in total. The van der Waals surface area contributed by atoms with Crippen LogP contribution in [0.5, 0.6) is 0 Å². The highest BCUT2D eigenvalue weighted by Gasteiger charge is 2.13. The number of hydrogen-bond acceptors (Lipinski definition) is 3. The Labute approximate surface area is 115 Å². The fourth-order valence-electron chi connectivity index (χ4n) is 1.24. The Kier molecular flexibility index (Phi) is 3.88. The van der Waals surface area contributed by atoms with Crippen molar-refractivity contribution >= 4 is 39.3 Å². The monoisotopic (exact) mass is 329 g/mol. The van der Waals surface area contributed by atoms with Crippen LogP contribution in [0.25, 0.3) is 0 Å². The minimum absolute atomic E-state index is 0.0823. The fourth-order valence-corrected chi connectivity index (χ4v) is 1.70. The van der Waals surface area contributed by atoms with Crippen molar-refractivity contribution in [1.82, 2.24) is 10.2 Å². The molecule has 1 aromatic heterocycles. The molecule has 7 heteroatoms. The molecule has 0 unspecified atom stereocenters. The van der Waals surface area contributed by atoms with Gasteiger partial charge in [0.1, 0.15) is 5.82 Å². The Bertz CT molecular complexity index is 591. The lowest BCUT2D eigenvalue weighted by Gasteiger charge is -2.05. The zero-order valence-electron chi connectivity index (χ0n) is 8.82. The van der Waals surface area contributed by atoms with Crippen molar-refractivity contribution < 1.29 is 9.18 Å². The largest absolute Gasteiger partial charge is 0.305 e. The molecule has 1 N–H and O–H groups in total. The van der Waals surface area contributed by atoms with Crippen LogP contribution in [0.15, 0.2) is 34.8 Å². The van der Waals surface area contributed by atoms with Gasteiger partial charge in [-0.2, -0.15) is 0 Å². The van der Waals surface area contributed by atoms with E-state index in [2.05, 4.69) is 31.4 Å². The van der Waals surface area contributed by atoms with Gasteiger partial charge in [0.15, 0.2) is 11.0 Å². The average molecular weight is 331 g/mol. The highest BCUT2D eigenvalue weighted by atomic mass is 79.9. The van der Waals surface area contributed by atoms with Crippen LogP contribution in [-0.2, 0) is 0 Å². The van der Waals surface area contributed by atoms with Gasteiger partial charge in [-0.3, -0.25) is 4.79 Å². The molecule has 2 rings (SSSR count). The van der Waals surface area contributed by atoms with Gasteiger partial charge in [0.25, 0.3) is 5.91 Å². The van der Waals surface area contributed by atoms with Gasteiger partial charge in [-0.25, -0.2) is 4.39 Å². The summed E-state index contributed by atoms with van der Waals surface area (Å²) in [5.74, 6) is -1.02. The molecule has 1 heterocycles. The topological polar surface area (TPSA) is 54.9 Å². The van der Waals surface area contributed by atoms with Crippen molar-refractivity contribution in [2.75, 3.05) is 5.32 Å². The van der Waals surface area contributed by atoms with E-state index in [9.17, 15) is 9.18 Å². The zero-order chi connectivity index (χ0) is 13.1. The number of rotatable bonds is 2. The molecule has 1 aromatic carbocycles. The van der Waals surface area contributed by atoms with Crippen molar-refractivity contribution in [1.29, 1.82) is 0 Å². The lowest BCUT2D eigenvalue weighted by molar-refractivity contribution is 0.102. The number of benzene rings is 1. The standard InChI is InChI=1S/C11H6BrClFN3O/c12-6-1-2-8(14)7(5-6)11(18)15-10-4-3-9(13)16-17-10/h1-5H,(H,15,17,18). The highest BCUT2D eigenvalue weighted by molar-refractivity contribution is 9.10. The summed E-state index contributed by atoms with van der Waals surface area (Å²) in [4.78, 5) is 11.8. The first kappa shape index (κ1) is 12.9. The molecular formula is C11H6BrClFN3O. The average Bonchev–Trinajstić information content (AvgIpc) is 2.35. The molecule has 0 aliphatic rings. The number of amides is 1. The van der Waals surface area contributed by atoms with Gasteiger partial charge in [-0.1, -0.05) is 27.5 Å². The van der Waals surface area contributed by atoms with Crippen molar-refractivity contribution in [3.63, 3.8) is 0 Å². The predicted molar refractivity (Wildman–Crippen MR) is 69.1 cm³/mol. The van der Waals surface area contributed by atoms with E-state index in [0.717, 1.165) is 0 Å². The number of nitrogens with one attached hydrogen (secondary N) is 1. The normalized spacial score (nSPS) is 10.2. The maximum atomic E-state index is 13.4. The molecule has 0 aliphatic heterocycles. The second-order valence-electron chi connectivity index (χ2n) is 3.32. The summed E-state index contributed by atoms with van der Waals surface area (Å²) in [5.41, 5.74) is -0.0823. The third-order valence-corrected chi connectivity index (χ3v) is 2.74. The second-order valence-corrected chi connectivity index (χ2v) is 4.62. The minimum atomic E-state index is -0.613. The van der Waals surface area contributed by atoms with E-state index in [1.54, 1.807) is 0 Å². The zero-order valence-corrected chi connectivity index (χ0v) is 11.2. The van der Waals surface area contributed by atoms with Crippen LogP contribution in [0.4, 0.5) is 10.2 Å². The molecule has 2 aromatic rings. The minimum Gasteiger partial charge on any atom is -0.305 e. The van der Waals surface area contributed by atoms with Gasteiger partial charge in [-0.05, 0) is 30.3 Å². The van der Waals surface area contributed by atoms with E-state index < -0.39 is 11.7 Å². The molecule has 1 amide bonds. The SMILES string of the molecule is O=C(Nc1ccc(Cl)nn1)c1cc(Br)ccc1F. The Morgan fingerprint density at radius 1 is 1.28 bits per heavy atom. The third-order valence-electron chi connectivity index (χ3n) is 2.05. The number of halogens is 3. The summed E-state index contributed by atoms with van der Waals surface area (Å²) in [6.45, 7) is 0. The summed E-state index contributed by atoms with van der Waals surface area (Å²) >= 11 is 8.73. The number of hydrogen-bond donors (Lipinski definition) is 1. The lowest BCUT2D eigenvalue weighted by Crippen LogP contribution is -2.15. The van der Waals surface area contributed by atoms with Crippen LogP contribution in [0.3, 0.4) is 0 Å². The molecule has 0 radical (unpaired) electrons. The molecular weight excluding hydrogens is 324 g/mol. The van der Waals surface area contributed by atoms with Gasteiger partial charge < -0.3 is 5.32 Å². The van der Waals surface area contributed by atoms with E-state index in [0.29, 0.717) is 4.47 Å². The number of aromatic nitrogens is 2. The van der Waals surface area contributed by atoms with Gasteiger partial charge in [0.2, 0.25) is 0 Å². The molecule has 0 aliphatic carbocycles. The van der Waals surface area contributed by atoms with Crippen LogP contribution in [0.2, 0.25) is 5.15 Å². The smallest absolute Gasteiger partial charge is 0.259 e.